The Morgan fingerprint density at radius 2 is 1.70 bits per heavy atom. The Hall–Kier alpha value is -0.0800. The van der Waals surface area contributed by atoms with E-state index < -0.39 is 0 Å². The van der Waals surface area contributed by atoms with E-state index in [9.17, 15) is 0 Å². The lowest BCUT2D eigenvalue weighted by Crippen LogP contribution is -2.52. The van der Waals surface area contributed by atoms with Crippen LogP contribution in [0.3, 0.4) is 0 Å². The van der Waals surface area contributed by atoms with Gasteiger partial charge in [0.25, 0.3) is 0 Å². The van der Waals surface area contributed by atoms with E-state index in [0.717, 1.165) is 12.1 Å². The number of piperidine rings is 2. The fourth-order valence-electron chi connectivity index (χ4n) is 2.31. The Morgan fingerprint density at radius 3 is 2.30 bits per heavy atom. The first-order valence-corrected chi connectivity index (χ1v) is 4.36. The summed E-state index contributed by atoms with van der Waals surface area (Å²) >= 11 is 0. The van der Waals surface area contributed by atoms with Crippen LogP contribution in [0.25, 0.3) is 0 Å². The molecule has 3 N–H and O–H groups in total. The molecule has 2 bridgehead atoms. The maximum absolute atomic E-state index is 5.88. The van der Waals surface area contributed by atoms with Crippen LogP contribution in [-0.4, -0.2) is 18.1 Å². The van der Waals surface area contributed by atoms with Crippen LogP contribution in [0.5, 0.6) is 0 Å². The first-order valence-electron chi connectivity index (χ1n) is 4.36. The molecule has 0 unspecified atom stereocenters. The van der Waals surface area contributed by atoms with Gasteiger partial charge in [0, 0.05) is 18.1 Å². The van der Waals surface area contributed by atoms with E-state index in [1.807, 2.05) is 0 Å². The highest BCUT2D eigenvalue weighted by atomic mass is 15.0. The molecule has 0 radical (unpaired) electrons. The fourth-order valence-corrected chi connectivity index (χ4v) is 2.31. The molecule has 0 saturated carbocycles. The normalized spacial score (nSPS) is 47.1. The molecule has 0 aliphatic carbocycles. The van der Waals surface area contributed by atoms with Crippen LogP contribution in [0, 0.1) is 0 Å². The van der Waals surface area contributed by atoms with Gasteiger partial charge >= 0.3 is 0 Å². The monoisotopic (exact) mass is 140 g/mol. The van der Waals surface area contributed by atoms with Crippen molar-refractivity contribution >= 4 is 0 Å². The third-order valence-corrected chi connectivity index (χ3v) is 2.75. The molecule has 2 saturated heterocycles. The predicted octanol–water partition coefficient (Wildman–Crippen LogP) is 0.618. The second kappa shape index (κ2) is 2.51. The van der Waals surface area contributed by atoms with E-state index in [-0.39, 0.29) is 0 Å². The summed E-state index contributed by atoms with van der Waals surface area (Å²) < 4.78 is 0. The van der Waals surface area contributed by atoms with Crippen molar-refractivity contribution in [1.29, 1.82) is 0 Å². The molecule has 2 rings (SSSR count). The Kier molecular flexibility index (Phi) is 1.66. The summed E-state index contributed by atoms with van der Waals surface area (Å²) in [5, 5.41) is 3.60. The van der Waals surface area contributed by atoms with E-state index in [1.54, 1.807) is 0 Å². The van der Waals surface area contributed by atoms with Crippen molar-refractivity contribution in [3.05, 3.63) is 0 Å². The molecule has 2 heteroatoms. The van der Waals surface area contributed by atoms with Crippen LogP contribution < -0.4 is 11.1 Å². The fraction of sp³-hybridized carbons (Fsp3) is 1.00. The number of hydrogen-bond acceptors (Lipinski definition) is 2. The second-order valence-corrected chi connectivity index (χ2v) is 3.72. The molecular formula is C8H16N2. The van der Waals surface area contributed by atoms with Gasteiger partial charge in [0.15, 0.2) is 0 Å². The summed E-state index contributed by atoms with van der Waals surface area (Å²) in [4.78, 5) is 0. The zero-order chi connectivity index (χ0) is 6.97. The van der Waals surface area contributed by atoms with Gasteiger partial charge in [0.05, 0.1) is 0 Å². The molecule has 0 aromatic carbocycles. The van der Waals surface area contributed by atoms with Crippen LogP contribution in [-0.2, 0) is 0 Å². The van der Waals surface area contributed by atoms with Crippen LogP contribution in [0.2, 0.25) is 0 Å². The molecule has 2 nitrogen and oxygen atoms in total. The molecule has 10 heavy (non-hydrogen) atoms. The van der Waals surface area contributed by atoms with E-state index >= 15 is 0 Å². The lowest BCUT2D eigenvalue weighted by atomic mass is 9.84. The zero-order valence-electron chi connectivity index (χ0n) is 6.34. The van der Waals surface area contributed by atoms with E-state index in [1.165, 1.54) is 32.1 Å². The third kappa shape index (κ3) is 1.18. The number of hydrogen-bond donors (Lipinski definition) is 2. The summed E-state index contributed by atoms with van der Waals surface area (Å²) in [5.41, 5.74) is 5.88. The predicted molar refractivity (Wildman–Crippen MR) is 41.8 cm³/mol. The zero-order valence-corrected chi connectivity index (χ0v) is 6.34. The third-order valence-electron chi connectivity index (χ3n) is 2.75. The standard InChI is InChI=1S/C8H16N2/c9-6-4-7-2-1-3-8(5-6)10-7/h6-8,10H,1-5,9H2/t7-,8-/m0/s1. The number of nitrogens with one attached hydrogen (secondary N) is 1. The van der Waals surface area contributed by atoms with Gasteiger partial charge in [-0.3, -0.25) is 0 Å². The van der Waals surface area contributed by atoms with Gasteiger partial charge in [0.2, 0.25) is 0 Å². The van der Waals surface area contributed by atoms with Gasteiger partial charge in [-0.05, 0) is 25.7 Å². The molecule has 2 fully saturated rings. The second-order valence-electron chi connectivity index (χ2n) is 3.72. The molecule has 0 aromatic heterocycles. The van der Waals surface area contributed by atoms with Crippen LogP contribution in [0.4, 0.5) is 0 Å². The van der Waals surface area contributed by atoms with Crippen molar-refractivity contribution in [3.63, 3.8) is 0 Å². The average molecular weight is 140 g/mol. The Bertz CT molecular complexity index is 108. The van der Waals surface area contributed by atoms with Crippen molar-refractivity contribution in [2.45, 2.75) is 50.2 Å². The summed E-state index contributed by atoms with van der Waals surface area (Å²) in [7, 11) is 0. The van der Waals surface area contributed by atoms with E-state index in [4.69, 9.17) is 5.73 Å². The van der Waals surface area contributed by atoms with Crippen molar-refractivity contribution in [3.8, 4) is 0 Å². The topological polar surface area (TPSA) is 38.0 Å². The van der Waals surface area contributed by atoms with E-state index in [2.05, 4.69) is 5.32 Å². The summed E-state index contributed by atoms with van der Waals surface area (Å²) in [6.45, 7) is 0. The quantitative estimate of drug-likeness (QED) is 0.517. The maximum Gasteiger partial charge on any atom is 0.00844 e. The van der Waals surface area contributed by atoms with Crippen molar-refractivity contribution in [2.24, 2.45) is 5.73 Å². The van der Waals surface area contributed by atoms with E-state index in [0.29, 0.717) is 6.04 Å². The molecular weight excluding hydrogens is 124 g/mol. The highest BCUT2D eigenvalue weighted by Crippen LogP contribution is 2.24. The first kappa shape index (κ1) is 6.62. The van der Waals surface area contributed by atoms with Gasteiger partial charge in [-0.15, -0.1) is 0 Å². The minimum atomic E-state index is 0.483. The minimum absolute atomic E-state index is 0.483. The van der Waals surface area contributed by atoms with Gasteiger partial charge in [-0.25, -0.2) is 0 Å². The van der Waals surface area contributed by atoms with Crippen LogP contribution >= 0.6 is 0 Å². The largest absolute Gasteiger partial charge is 0.328 e. The highest BCUT2D eigenvalue weighted by molar-refractivity contribution is 4.90. The van der Waals surface area contributed by atoms with Gasteiger partial charge in [-0.1, -0.05) is 6.42 Å². The Balaban J connectivity index is 1.98. The molecule has 0 spiro atoms. The van der Waals surface area contributed by atoms with Gasteiger partial charge < -0.3 is 11.1 Å². The van der Waals surface area contributed by atoms with Crippen molar-refractivity contribution in [2.75, 3.05) is 0 Å². The molecule has 0 aromatic rings. The summed E-state index contributed by atoms with van der Waals surface area (Å²) in [5.74, 6) is 0. The number of rotatable bonds is 0. The summed E-state index contributed by atoms with van der Waals surface area (Å²) in [6, 6.07) is 1.99. The minimum Gasteiger partial charge on any atom is -0.328 e. The lowest BCUT2D eigenvalue weighted by molar-refractivity contribution is 0.222. The van der Waals surface area contributed by atoms with Gasteiger partial charge in [0.1, 0.15) is 0 Å². The maximum atomic E-state index is 5.88. The smallest absolute Gasteiger partial charge is 0.00844 e. The Labute approximate surface area is 62.2 Å². The highest BCUT2D eigenvalue weighted by Gasteiger charge is 2.28. The molecule has 58 valence electrons. The van der Waals surface area contributed by atoms with Crippen molar-refractivity contribution < 1.29 is 0 Å². The number of fused-ring (bicyclic) bond motifs is 2. The molecule has 2 aliphatic heterocycles. The lowest BCUT2D eigenvalue weighted by Gasteiger charge is -2.38. The molecule has 2 heterocycles. The first-order chi connectivity index (χ1) is 4.84. The van der Waals surface area contributed by atoms with Crippen LogP contribution in [0.1, 0.15) is 32.1 Å². The molecule has 2 aliphatic rings. The number of nitrogens with two attached hydrogens (primary N) is 1. The average Bonchev–Trinajstić information content (AvgIpc) is 1.85. The summed E-state index contributed by atoms with van der Waals surface area (Å²) in [6.07, 6.45) is 6.52. The SMILES string of the molecule is NC1C[C@@H]2CCC[C@@H](C1)N2. The van der Waals surface area contributed by atoms with Gasteiger partial charge in [-0.2, -0.15) is 0 Å². The van der Waals surface area contributed by atoms with Crippen molar-refractivity contribution in [1.82, 2.24) is 5.32 Å². The molecule has 2 atom stereocenters. The Morgan fingerprint density at radius 1 is 1.10 bits per heavy atom. The molecule has 0 amide bonds. The van der Waals surface area contributed by atoms with Crippen LogP contribution in [0.15, 0.2) is 0 Å².